The third-order valence-electron chi connectivity index (χ3n) is 4.49. The summed E-state index contributed by atoms with van der Waals surface area (Å²) in [6.07, 6.45) is 1.75. The number of methoxy groups -OCH3 is 1. The number of carbonyl (C=O) groups is 2. The van der Waals surface area contributed by atoms with Gasteiger partial charge in [-0.3, -0.25) is 4.79 Å². The highest BCUT2D eigenvalue weighted by Crippen LogP contribution is 2.31. The summed E-state index contributed by atoms with van der Waals surface area (Å²) in [6, 6.07) is 11.5. The molecule has 1 N–H and O–H groups in total. The lowest BCUT2D eigenvalue weighted by molar-refractivity contribution is -0.114. The maximum absolute atomic E-state index is 12.9. The number of carboxylic acid groups (broad SMARTS) is 1. The lowest BCUT2D eigenvalue weighted by Crippen LogP contribution is -2.21. The third kappa shape index (κ3) is 4.51. The van der Waals surface area contributed by atoms with E-state index in [-0.39, 0.29) is 11.5 Å². The van der Waals surface area contributed by atoms with Crippen molar-refractivity contribution in [2.24, 2.45) is 11.0 Å². The van der Waals surface area contributed by atoms with E-state index in [0.29, 0.717) is 41.0 Å². The maximum Gasteiger partial charge on any atom is 0.335 e. The molecule has 0 saturated heterocycles. The van der Waals surface area contributed by atoms with Crippen LogP contribution in [0.5, 0.6) is 11.5 Å². The van der Waals surface area contributed by atoms with Crippen LogP contribution in [-0.4, -0.2) is 36.4 Å². The second-order valence-electron chi connectivity index (χ2n) is 7.33. The second-order valence-corrected chi connectivity index (χ2v) is 7.33. The van der Waals surface area contributed by atoms with Crippen LogP contribution in [-0.2, 0) is 4.79 Å². The van der Waals surface area contributed by atoms with Crippen LogP contribution in [0.2, 0.25) is 0 Å². The quantitative estimate of drug-likeness (QED) is 0.693. The van der Waals surface area contributed by atoms with E-state index in [4.69, 9.17) is 14.6 Å². The second kappa shape index (κ2) is 8.82. The van der Waals surface area contributed by atoms with Gasteiger partial charge in [0.25, 0.3) is 5.91 Å². The van der Waals surface area contributed by atoms with Crippen LogP contribution in [0.15, 0.2) is 53.1 Å². The topological polar surface area (TPSA) is 88.4 Å². The Labute approximate surface area is 175 Å². The van der Waals surface area contributed by atoms with Crippen LogP contribution in [0.3, 0.4) is 0 Å². The van der Waals surface area contributed by atoms with Gasteiger partial charge in [0.15, 0.2) is 11.5 Å². The summed E-state index contributed by atoms with van der Waals surface area (Å²) in [5.41, 5.74) is 2.46. The average Bonchev–Trinajstić information content (AvgIpc) is 3.00. The summed E-state index contributed by atoms with van der Waals surface area (Å²) in [6.45, 7) is 6.48. The van der Waals surface area contributed by atoms with Crippen molar-refractivity contribution in [1.82, 2.24) is 0 Å². The van der Waals surface area contributed by atoms with Crippen molar-refractivity contribution in [1.29, 1.82) is 0 Å². The Bertz CT molecular complexity index is 1020. The molecule has 0 fully saturated rings. The minimum atomic E-state index is -1.02. The Morgan fingerprint density at radius 1 is 1.17 bits per heavy atom. The molecule has 156 valence electrons. The Hall–Kier alpha value is -3.61. The van der Waals surface area contributed by atoms with Gasteiger partial charge in [0.05, 0.1) is 36.3 Å². The summed E-state index contributed by atoms with van der Waals surface area (Å²) in [4.78, 5) is 23.9. The Morgan fingerprint density at radius 3 is 2.47 bits per heavy atom. The number of hydrazone groups is 1. The molecule has 7 heteroatoms. The highest BCUT2D eigenvalue weighted by molar-refractivity contribution is 6.32. The van der Waals surface area contributed by atoms with Crippen LogP contribution in [0.4, 0.5) is 5.69 Å². The molecule has 30 heavy (non-hydrogen) atoms. The number of ether oxygens (including phenoxy) is 2. The van der Waals surface area contributed by atoms with Crippen molar-refractivity contribution < 1.29 is 24.2 Å². The van der Waals surface area contributed by atoms with Crippen LogP contribution in [0, 0.1) is 5.92 Å². The number of carbonyl (C=O) groups excluding carboxylic acids is 1. The summed E-state index contributed by atoms with van der Waals surface area (Å²) < 4.78 is 11.2. The molecule has 0 saturated carbocycles. The van der Waals surface area contributed by atoms with Crippen molar-refractivity contribution in [3.63, 3.8) is 0 Å². The molecule has 0 radical (unpaired) electrons. The first-order chi connectivity index (χ1) is 14.3. The van der Waals surface area contributed by atoms with E-state index in [1.807, 2.05) is 18.2 Å². The fourth-order valence-electron chi connectivity index (χ4n) is 2.92. The predicted octanol–water partition coefficient (Wildman–Crippen LogP) is 4.23. The van der Waals surface area contributed by atoms with Gasteiger partial charge in [0, 0.05) is 0 Å². The zero-order valence-corrected chi connectivity index (χ0v) is 17.4. The first kappa shape index (κ1) is 21.1. The summed E-state index contributed by atoms with van der Waals surface area (Å²) in [5, 5.41) is 14.6. The third-order valence-corrected chi connectivity index (χ3v) is 4.49. The molecule has 2 aromatic carbocycles. The molecule has 1 heterocycles. The molecule has 0 aliphatic carbocycles. The Balaban J connectivity index is 1.85. The van der Waals surface area contributed by atoms with Gasteiger partial charge in [-0.05, 0) is 60.9 Å². The van der Waals surface area contributed by atoms with Gasteiger partial charge >= 0.3 is 5.97 Å². The number of benzene rings is 2. The van der Waals surface area contributed by atoms with Crippen LogP contribution in [0.1, 0.15) is 36.7 Å². The van der Waals surface area contributed by atoms with Crippen LogP contribution in [0.25, 0.3) is 6.08 Å². The Morgan fingerprint density at radius 2 is 1.87 bits per heavy atom. The van der Waals surface area contributed by atoms with Gasteiger partial charge in [-0.25, -0.2) is 4.79 Å². The number of hydrogen-bond acceptors (Lipinski definition) is 5. The number of anilines is 1. The van der Waals surface area contributed by atoms with Gasteiger partial charge in [-0.1, -0.05) is 19.9 Å². The molecular formula is C23H24N2O5. The van der Waals surface area contributed by atoms with Crippen LogP contribution < -0.4 is 14.5 Å². The summed E-state index contributed by atoms with van der Waals surface area (Å²) in [7, 11) is 1.57. The highest BCUT2D eigenvalue weighted by Gasteiger charge is 2.28. The average molecular weight is 408 g/mol. The number of amides is 1. The molecule has 0 spiro atoms. The molecule has 1 amide bonds. The zero-order valence-electron chi connectivity index (χ0n) is 17.4. The van der Waals surface area contributed by atoms with E-state index < -0.39 is 5.97 Å². The molecule has 2 aromatic rings. The van der Waals surface area contributed by atoms with E-state index >= 15 is 0 Å². The summed E-state index contributed by atoms with van der Waals surface area (Å²) in [5.74, 6) is 0.323. The minimum absolute atomic E-state index is 0.147. The van der Waals surface area contributed by atoms with Crippen molar-refractivity contribution >= 4 is 29.4 Å². The fourth-order valence-corrected chi connectivity index (χ4v) is 2.92. The Kier molecular flexibility index (Phi) is 6.20. The van der Waals surface area contributed by atoms with E-state index in [2.05, 4.69) is 18.9 Å². The molecule has 1 aliphatic rings. The fraction of sp³-hybridized carbons (Fsp3) is 0.261. The number of aromatic carboxylic acids is 1. The normalized spacial score (nSPS) is 15.0. The van der Waals surface area contributed by atoms with E-state index in [1.54, 1.807) is 32.2 Å². The smallest absolute Gasteiger partial charge is 0.335 e. The predicted molar refractivity (Wildman–Crippen MR) is 115 cm³/mol. The lowest BCUT2D eigenvalue weighted by Gasteiger charge is -2.13. The first-order valence-electron chi connectivity index (χ1n) is 9.56. The molecule has 1 aliphatic heterocycles. The molecule has 0 bridgehead atoms. The minimum Gasteiger partial charge on any atom is -0.493 e. The maximum atomic E-state index is 12.9. The van der Waals surface area contributed by atoms with Gasteiger partial charge in [0.1, 0.15) is 0 Å². The van der Waals surface area contributed by atoms with Gasteiger partial charge < -0.3 is 14.6 Å². The van der Waals surface area contributed by atoms with Crippen LogP contribution >= 0.6 is 0 Å². The highest BCUT2D eigenvalue weighted by atomic mass is 16.5. The van der Waals surface area contributed by atoms with Crippen molar-refractivity contribution in [2.45, 2.75) is 20.8 Å². The lowest BCUT2D eigenvalue weighted by atomic mass is 10.1. The largest absolute Gasteiger partial charge is 0.493 e. The van der Waals surface area contributed by atoms with E-state index in [0.717, 1.165) is 5.56 Å². The first-order valence-corrected chi connectivity index (χ1v) is 9.56. The molecule has 3 rings (SSSR count). The number of carboxylic acids is 1. The van der Waals surface area contributed by atoms with E-state index in [1.165, 1.54) is 17.1 Å². The van der Waals surface area contributed by atoms with Gasteiger partial charge in [-0.15, -0.1) is 0 Å². The monoisotopic (exact) mass is 408 g/mol. The molecule has 0 atom stereocenters. The van der Waals surface area contributed by atoms with Crippen molar-refractivity contribution in [3.8, 4) is 11.5 Å². The number of nitrogens with zero attached hydrogens (tertiary/aromatic N) is 2. The van der Waals surface area contributed by atoms with E-state index in [9.17, 15) is 9.59 Å². The standard InChI is InChI=1S/C23H24N2O5/c1-14(2)13-30-20-10-5-16(12-21(20)29-4)11-19-15(3)24-25(22(19)26)18-8-6-17(7-9-18)23(27)28/h5-12,14H,13H2,1-4H3,(H,27,28)/b19-11-. The molecule has 7 nitrogen and oxygen atoms in total. The van der Waals surface area contributed by atoms with Gasteiger partial charge in [0.2, 0.25) is 0 Å². The SMILES string of the molecule is COc1cc(/C=C2\C(=O)N(c3ccc(C(=O)O)cc3)N=C2C)ccc1OCC(C)C. The van der Waals surface area contributed by atoms with Crippen molar-refractivity contribution in [3.05, 3.63) is 59.2 Å². The zero-order chi connectivity index (χ0) is 21.8. The summed E-state index contributed by atoms with van der Waals surface area (Å²) >= 11 is 0. The number of rotatable bonds is 7. The molecule has 0 aromatic heterocycles. The molecule has 0 unspecified atom stereocenters. The number of hydrogen-bond donors (Lipinski definition) is 1. The van der Waals surface area contributed by atoms with Gasteiger partial charge in [-0.2, -0.15) is 10.1 Å². The molecular weight excluding hydrogens is 384 g/mol. The van der Waals surface area contributed by atoms with Crippen molar-refractivity contribution in [2.75, 3.05) is 18.7 Å².